The van der Waals surface area contributed by atoms with E-state index in [-0.39, 0.29) is 5.41 Å². The van der Waals surface area contributed by atoms with Crippen molar-refractivity contribution in [3.8, 4) is 0 Å². The molecule has 0 saturated heterocycles. The molecule has 1 heterocycles. The molecular weight excluding hydrogens is 308 g/mol. The van der Waals surface area contributed by atoms with Gasteiger partial charge in [0, 0.05) is 25.2 Å². The molecule has 1 saturated carbocycles. The fourth-order valence-electron chi connectivity index (χ4n) is 3.74. The van der Waals surface area contributed by atoms with Crippen LogP contribution < -0.4 is 10.6 Å². The van der Waals surface area contributed by atoms with E-state index < -0.39 is 0 Å². The summed E-state index contributed by atoms with van der Waals surface area (Å²) in [5.41, 5.74) is 4.02. The van der Waals surface area contributed by atoms with Gasteiger partial charge < -0.3 is 10.6 Å². The molecule has 0 unspecified atom stereocenters. The molecule has 25 heavy (non-hydrogen) atoms. The summed E-state index contributed by atoms with van der Waals surface area (Å²) >= 11 is 0. The van der Waals surface area contributed by atoms with Gasteiger partial charge >= 0.3 is 0 Å². The zero-order valence-corrected chi connectivity index (χ0v) is 15.3. The molecule has 0 amide bonds. The molecule has 2 aromatic rings. The second kappa shape index (κ2) is 8.15. The summed E-state index contributed by atoms with van der Waals surface area (Å²) in [5, 5.41) is 6.92. The maximum Gasteiger partial charge on any atom is 0.191 e. The Morgan fingerprint density at radius 2 is 1.96 bits per heavy atom. The quantitative estimate of drug-likeness (QED) is 0.648. The Morgan fingerprint density at radius 3 is 2.64 bits per heavy atom. The van der Waals surface area contributed by atoms with E-state index in [4.69, 9.17) is 0 Å². The van der Waals surface area contributed by atoms with Crippen LogP contribution in [0.2, 0.25) is 0 Å². The van der Waals surface area contributed by atoms with Crippen molar-refractivity contribution in [1.29, 1.82) is 0 Å². The van der Waals surface area contributed by atoms with Gasteiger partial charge in [0.05, 0.1) is 12.2 Å². The average Bonchev–Trinajstić information content (AvgIpc) is 3.13. The topological polar surface area (TPSA) is 49.3 Å². The van der Waals surface area contributed by atoms with Crippen molar-refractivity contribution in [3.63, 3.8) is 0 Å². The van der Waals surface area contributed by atoms with Gasteiger partial charge in [-0.3, -0.25) is 9.98 Å². The molecule has 1 aromatic heterocycles. The van der Waals surface area contributed by atoms with E-state index in [0.717, 1.165) is 18.2 Å². The molecule has 0 bridgehead atoms. The number of hydrogen-bond acceptors (Lipinski definition) is 2. The lowest BCUT2D eigenvalue weighted by Crippen LogP contribution is -2.44. The van der Waals surface area contributed by atoms with Crippen molar-refractivity contribution >= 4 is 5.96 Å². The second-order valence-corrected chi connectivity index (χ2v) is 6.96. The van der Waals surface area contributed by atoms with Gasteiger partial charge in [-0.25, -0.2) is 0 Å². The fraction of sp³-hybridized carbons (Fsp3) is 0.429. The molecule has 1 fully saturated rings. The van der Waals surface area contributed by atoms with Crippen molar-refractivity contribution in [3.05, 3.63) is 65.5 Å². The largest absolute Gasteiger partial charge is 0.356 e. The van der Waals surface area contributed by atoms with Crippen LogP contribution in [0.25, 0.3) is 0 Å². The lowest BCUT2D eigenvalue weighted by molar-refractivity contribution is 0.431. The minimum absolute atomic E-state index is 0.217. The van der Waals surface area contributed by atoms with Crippen molar-refractivity contribution in [1.82, 2.24) is 15.6 Å². The minimum Gasteiger partial charge on any atom is -0.356 e. The molecular formula is C21H28N4. The van der Waals surface area contributed by atoms with Crippen molar-refractivity contribution < 1.29 is 0 Å². The van der Waals surface area contributed by atoms with Gasteiger partial charge in [-0.2, -0.15) is 0 Å². The summed E-state index contributed by atoms with van der Waals surface area (Å²) in [5.74, 6) is 0.838. The van der Waals surface area contributed by atoms with Crippen molar-refractivity contribution in [2.24, 2.45) is 4.99 Å². The first kappa shape index (κ1) is 17.5. The van der Waals surface area contributed by atoms with Gasteiger partial charge in [0.15, 0.2) is 5.96 Å². The number of benzene rings is 1. The number of aliphatic imine (C=N–C) groups is 1. The Labute approximate surface area is 150 Å². The number of aromatic nitrogens is 1. The van der Waals surface area contributed by atoms with E-state index in [1.807, 2.05) is 31.4 Å². The number of nitrogens with zero attached hydrogens (tertiary/aromatic N) is 2. The lowest BCUT2D eigenvalue weighted by atomic mass is 9.78. The number of nitrogens with one attached hydrogen (secondary N) is 2. The number of hydrogen-bond donors (Lipinski definition) is 2. The summed E-state index contributed by atoms with van der Waals surface area (Å²) in [6.45, 7) is 3.77. The van der Waals surface area contributed by atoms with Gasteiger partial charge in [0.1, 0.15) is 0 Å². The van der Waals surface area contributed by atoms with Crippen molar-refractivity contribution in [2.75, 3.05) is 13.6 Å². The first-order chi connectivity index (χ1) is 12.2. The molecule has 4 nitrogen and oxygen atoms in total. The van der Waals surface area contributed by atoms with Crippen LogP contribution in [0.1, 0.15) is 42.5 Å². The van der Waals surface area contributed by atoms with Gasteiger partial charge in [0.25, 0.3) is 0 Å². The molecule has 1 aliphatic carbocycles. The summed E-state index contributed by atoms with van der Waals surface area (Å²) in [4.78, 5) is 8.72. The zero-order chi connectivity index (χ0) is 17.5. The van der Waals surface area contributed by atoms with Crippen LogP contribution in [0.5, 0.6) is 0 Å². The molecule has 0 spiro atoms. The summed E-state index contributed by atoms with van der Waals surface area (Å²) in [6, 6.07) is 14.9. The Bertz CT molecular complexity index is 703. The minimum atomic E-state index is 0.217. The van der Waals surface area contributed by atoms with Gasteiger partial charge in [-0.15, -0.1) is 0 Å². The summed E-state index contributed by atoms with van der Waals surface area (Å²) < 4.78 is 0. The second-order valence-electron chi connectivity index (χ2n) is 6.96. The summed E-state index contributed by atoms with van der Waals surface area (Å²) in [6.07, 6.45) is 6.89. The van der Waals surface area contributed by atoms with Crippen LogP contribution in [-0.2, 0) is 12.0 Å². The monoisotopic (exact) mass is 336 g/mol. The first-order valence-corrected chi connectivity index (χ1v) is 9.13. The highest BCUT2D eigenvalue weighted by atomic mass is 15.2. The molecule has 2 N–H and O–H groups in total. The van der Waals surface area contributed by atoms with Crippen LogP contribution in [0, 0.1) is 6.92 Å². The van der Waals surface area contributed by atoms with E-state index in [9.17, 15) is 0 Å². The standard InChI is InChI=1S/C21H28N4/c1-17-8-7-9-18(14-17)21(11-4-5-12-21)16-25-20(22-2)24-15-19-10-3-6-13-23-19/h3,6-10,13-14H,4-5,11-12,15-16H2,1-2H3,(H2,22,24,25). The third kappa shape index (κ3) is 4.38. The normalized spacial score (nSPS) is 16.6. The van der Waals surface area contributed by atoms with Gasteiger partial charge in [-0.05, 0) is 37.5 Å². The average molecular weight is 336 g/mol. The van der Waals surface area contributed by atoms with E-state index >= 15 is 0 Å². The molecule has 0 atom stereocenters. The van der Waals surface area contributed by atoms with E-state index in [1.54, 1.807) is 0 Å². The Kier molecular flexibility index (Phi) is 5.69. The predicted octanol–water partition coefficient (Wildman–Crippen LogP) is 3.57. The zero-order valence-electron chi connectivity index (χ0n) is 15.3. The van der Waals surface area contributed by atoms with E-state index in [2.05, 4.69) is 51.8 Å². The third-order valence-corrected chi connectivity index (χ3v) is 5.17. The molecule has 1 aromatic carbocycles. The van der Waals surface area contributed by atoms with E-state index in [0.29, 0.717) is 6.54 Å². The lowest BCUT2D eigenvalue weighted by Gasteiger charge is -2.31. The Morgan fingerprint density at radius 1 is 1.12 bits per heavy atom. The van der Waals surface area contributed by atoms with Crippen LogP contribution in [0.3, 0.4) is 0 Å². The SMILES string of the molecule is CN=C(NCc1ccccn1)NCC1(c2cccc(C)c2)CCCC1. The predicted molar refractivity (Wildman–Crippen MR) is 104 cm³/mol. The van der Waals surface area contributed by atoms with Gasteiger partial charge in [0.2, 0.25) is 0 Å². The maximum atomic E-state index is 4.37. The van der Waals surface area contributed by atoms with E-state index in [1.165, 1.54) is 36.8 Å². The van der Waals surface area contributed by atoms with Crippen LogP contribution in [-0.4, -0.2) is 24.5 Å². The number of rotatable bonds is 5. The molecule has 0 radical (unpaired) electrons. The number of pyridine rings is 1. The van der Waals surface area contributed by atoms with Crippen LogP contribution in [0.4, 0.5) is 0 Å². The molecule has 1 aliphatic rings. The highest BCUT2D eigenvalue weighted by Gasteiger charge is 2.35. The molecule has 4 heteroatoms. The Balaban J connectivity index is 1.64. The fourth-order valence-corrected chi connectivity index (χ4v) is 3.74. The van der Waals surface area contributed by atoms with Crippen molar-refractivity contribution in [2.45, 2.75) is 44.6 Å². The smallest absolute Gasteiger partial charge is 0.191 e. The first-order valence-electron chi connectivity index (χ1n) is 9.13. The highest BCUT2D eigenvalue weighted by Crippen LogP contribution is 2.40. The number of aryl methyl sites for hydroxylation is 1. The highest BCUT2D eigenvalue weighted by molar-refractivity contribution is 5.79. The number of guanidine groups is 1. The summed E-state index contributed by atoms with van der Waals surface area (Å²) in [7, 11) is 1.82. The van der Waals surface area contributed by atoms with Gasteiger partial charge in [-0.1, -0.05) is 48.7 Å². The molecule has 132 valence electrons. The maximum absolute atomic E-state index is 4.37. The van der Waals surface area contributed by atoms with Crippen LogP contribution in [0.15, 0.2) is 53.7 Å². The Hall–Kier alpha value is -2.36. The molecule has 3 rings (SSSR count). The molecule has 0 aliphatic heterocycles. The van der Waals surface area contributed by atoms with Crippen LogP contribution >= 0.6 is 0 Å². The third-order valence-electron chi connectivity index (χ3n) is 5.17.